The van der Waals surface area contributed by atoms with E-state index in [2.05, 4.69) is 9.93 Å². The largest absolute Gasteiger partial charge is 1.00 e. The Morgan fingerprint density at radius 2 is 1.83 bits per heavy atom. The van der Waals surface area contributed by atoms with Crippen molar-refractivity contribution in [1.29, 1.82) is 0 Å². The Morgan fingerprint density at radius 3 is 2.58 bits per heavy atom. The van der Waals surface area contributed by atoms with E-state index in [1.54, 1.807) is 24.3 Å². The van der Waals surface area contributed by atoms with Crippen LogP contribution in [-0.4, -0.2) is 14.1 Å². The molecule has 6 heteroatoms. The molecule has 1 aromatic rings. The Hall–Kier alpha value is -0.763. The zero-order valence-electron chi connectivity index (χ0n) is 14.2. The molecule has 5 rings (SSSR count). The molecule has 4 aliphatic carbocycles. The van der Waals surface area contributed by atoms with Gasteiger partial charge in [-0.1, -0.05) is 17.7 Å². The second-order valence-electron chi connectivity index (χ2n) is 7.93. The van der Waals surface area contributed by atoms with Crippen LogP contribution in [0.3, 0.4) is 0 Å². The van der Waals surface area contributed by atoms with Crippen molar-refractivity contribution in [3.8, 4) is 0 Å². The van der Waals surface area contributed by atoms with Crippen LogP contribution in [0.2, 0.25) is 0 Å². The second-order valence-corrected chi connectivity index (χ2v) is 9.51. The third kappa shape index (κ3) is 2.48. The maximum atomic E-state index is 12.4. The van der Waals surface area contributed by atoms with Gasteiger partial charge in [0.15, 0.2) is 0 Å². The van der Waals surface area contributed by atoms with Gasteiger partial charge < -0.3 is 9.93 Å². The minimum Gasteiger partial charge on any atom is -0.491 e. The topological polar surface area (TPSA) is 60.6 Å². The van der Waals surface area contributed by atoms with Crippen LogP contribution in [0.15, 0.2) is 34.3 Å². The van der Waals surface area contributed by atoms with E-state index in [0.29, 0.717) is 11.8 Å². The van der Waals surface area contributed by atoms with Gasteiger partial charge in [-0.15, -0.1) is 0 Å². The summed E-state index contributed by atoms with van der Waals surface area (Å²) in [5.41, 5.74) is 2.14. The summed E-state index contributed by atoms with van der Waals surface area (Å²) in [4.78, 5) is 4.05. The van der Waals surface area contributed by atoms with Gasteiger partial charge in [-0.2, -0.15) is 0 Å². The standard InChI is InChI=1S/C18H21N2O2S.Li/c1-10-2-4-14(5-3-10)23(21,22)20-19-18-13-7-11-6-12(9-13)16-15(8-11)17(16)18;/h2-5,11-13,15-17H,6-9H2,1H3;/q-1;+1/b19-18+;. The molecular formula is C18H21LiN2O2S. The third-order valence-electron chi connectivity index (χ3n) is 6.56. The molecule has 0 saturated heterocycles. The zero-order chi connectivity index (χ0) is 15.8. The van der Waals surface area contributed by atoms with Crippen LogP contribution in [0.1, 0.15) is 31.2 Å². The summed E-state index contributed by atoms with van der Waals surface area (Å²) in [7, 11) is -3.67. The number of rotatable bonds is 3. The maximum absolute atomic E-state index is 12.4. The fourth-order valence-electron chi connectivity index (χ4n) is 5.66. The van der Waals surface area contributed by atoms with E-state index < -0.39 is 10.0 Å². The molecule has 0 heterocycles. The quantitative estimate of drug-likeness (QED) is 0.603. The average Bonchev–Trinajstić information content (AvgIpc) is 3.23. The summed E-state index contributed by atoms with van der Waals surface area (Å²) in [6.45, 7) is 1.94. The normalized spacial score (nSPS) is 40.1. The van der Waals surface area contributed by atoms with Gasteiger partial charge in [0, 0.05) is 11.6 Å². The van der Waals surface area contributed by atoms with Crippen LogP contribution in [0.25, 0.3) is 4.83 Å². The van der Waals surface area contributed by atoms with Crippen molar-refractivity contribution >= 4 is 15.7 Å². The van der Waals surface area contributed by atoms with E-state index in [4.69, 9.17) is 0 Å². The maximum Gasteiger partial charge on any atom is 1.00 e. The van der Waals surface area contributed by atoms with Gasteiger partial charge in [0.2, 0.25) is 0 Å². The number of hydrogen-bond acceptors (Lipinski definition) is 3. The first kappa shape index (κ1) is 16.7. The Morgan fingerprint density at radius 1 is 1.08 bits per heavy atom. The molecule has 4 saturated carbocycles. The molecule has 0 amide bonds. The van der Waals surface area contributed by atoms with Crippen LogP contribution in [-0.2, 0) is 10.0 Å². The molecule has 122 valence electrons. The second kappa shape index (κ2) is 5.62. The monoisotopic (exact) mass is 336 g/mol. The van der Waals surface area contributed by atoms with Crippen molar-refractivity contribution in [2.45, 2.75) is 37.5 Å². The molecule has 6 atom stereocenters. The van der Waals surface area contributed by atoms with Gasteiger partial charge in [-0.3, -0.25) is 0 Å². The van der Waals surface area contributed by atoms with Gasteiger partial charge in [0.25, 0.3) is 0 Å². The van der Waals surface area contributed by atoms with Crippen LogP contribution >= 0.6 is 0 Å². The first-order valence-corrected chi connectivity index (χ1v) is 10.1. The molecular weight excluding hydrogens is 315 g/mol. The molecule has 0 N–H and O–H groups in total. The summed E-state index contributed by atoms with van der Waals surface area (Å²) in [6.07, 6.45) is 5.16. The fraction of sp³-hybridized carbons (Fsp3) is 0.611. The van der Waals surface area contributed by atoms with Gasteiger partial charge in [0.1, 0.15) is 10.0 Å². The van der Waals surface area contributed by atoms with E-state index in [9.17, 15) is 8.42 Å². The smallest absolute Gasteiger partial charge is 0.491 e. The number of nitrogens with zero attached hydrogens (tertiary/aromatic N) is 2. The van der Waals surface area contributed by atoms with Gasteiger partial charge >= 0.3 is 18.9 Å². The number of hydrogen-bond donors (Lipinski definition) is 0. The molecule has 6 unspecified atom stereocenters. The Bertz CT molecular complexity index is 784. The average molecular weight is 336 g/mol. The minimum absolute atomic E-state index is 0. The molecule has 3 bridgehead atoms. The summed E-state index contributed by atoms with van der Waals surface area (Å²) >= 11 is 0. The van der Waals surface area contributed by atoms with E-state index in [-0.39, 0.29) is 23.8 Å². The summed E-state index contributed by atoms with van der Waals surface area (Å²) < 4.78 is 24.8. The van der Waals surface area contributed by atoms with E-state index in [0.717, 1.165) is 34.9 Å². The van der Waals surface area contributed by atoms with Crippen molar-refractivity contribution in [2.24, 2.45) is 40.6 Å². The van der Waals surface area contributed by atoms with E-state index in [1.165, 1.54) is 25.7 Å². The molecule has 4 nitrogen and oxygen atoms in total. The van der Waals surface area contributed by atoms with Crippen LogP contribution < -0.4 is 18.9 Å². The summed E-state index contributed by atoms with van der Waals surface area (Å²) in [6, 6.07) is 6.83. The van der Waals surface area contributed by atoms with Crippen molar-refractivity contribution in [2.75, 3.05) is 0 Å². The van der Waals surface area contributed by atoms with E-state index >= 15 is 0 Å². The first-order valence-electron chi connectivity index (χ1n) is 8.64. The minimum atomic E-state index is -3.67. The van der Waals surface area contributed by atoms with Crippen molar-refractivity contribution in [1.82, 2.24) is 0 Å². The molecule has 4 fully saturated rings. The third-order valence-corrected chi connectivity index (χ3v) is 7.73. The SMILES string of the molecule is Cc1ccc(S(=O)(=O)[N-]/N=C2\C3CC4CC(C3)C3C(C4)C23)cc1.[Li+]. The van der Waals surface area contributed by atoms with Crippen LogP contribution in [0.5, 0.6) is 0 Å². The zero-order valence-corrected chi connectivity index (χ0v) is 15.0. The predicted molar refractivity (Wildman–Crippen MR) is 88.6 cm³/mol. The Kier molecular flexibility index (Phi) is 3.91. The number of aryl methyl sites for hydroxylation is 1. The Labute approximate surface area is 155 Å². The summed E-state index contributed by atoms with van der Waals surface area (Å²) in [5, 5.41) is 4.33. The number of benzene rings is 1. The van der Waals surface area contributed by atoms with Crippen molar-refractivity contribution < 1.29 is 27.3 Å². The molecule has 0 radical (unpaired) electrons. The Balaban J connectivity index is 0.00000146. The number of fused-ring (bicyclic) bond motifs is 3. The molecule has 0 aliphatic heterocycles. The van der Waals surface area contributed by atoms with Crippen molar-refractivity contribution in [3.63, 3.8) is 0 Å². The van der Waals surface area contributed by atoms with Crippen molar-refractivity contribution in [3.05, 3.63) is 34.7 Å². The van der Waals surface area contributed by atoms with E-state index in [1.807, 2.05) is 6.92 Å². The molecule has 4 aliphatic rings. The van der Waals surface area contributed by atoms with Crippen LogP contribution in [0, 0.1) is 42.4 Å². The summed E-state index contributed by atoms with van der Waals surface area (Å²) in [5.74, 6) is 4.34. The molecule has 24 heavy (non-hydrogen) atoms. The van der Waals surface area contributed by atoms with Gasteiger partial charge in [-0.05, 0) is 74.3 Å². The molecule has 0 spiro atoms. The predicted octanol–water partition coefficient (Wildman–Crippen LogP) is 0.729. The van der Waals surface area contributed by atoms with Gasteiger partial charge in [-0.25, -0.2) is 8.42 Å². The molecule has 1 aromatic carbocycles. The molecule has 0 aromatic heterocycles. The fourth-order valence-corrected chi connectivity index (χ4v) is 6.44. The van der Waals surface area contributed by atoms with Crippen LogP contribution in [0.4, 0.5) is 0 Å². The van der Waals surface area contributed by atoms with Gasteiger partial charge in [0.05, 0.1) is 4.90 Å². The number of sulfonamides is 1. The first-order chi connectivity index (χ1) is 11.0.